The molecule has 3 nitrogen and oxygen atoms in total. The van der Waals surface area contributed by atoms with Gasteiger partial charge in [-0.05, 0) is 18.6 Å². The number of halogens is 1. The van der Waals surface area contributed by atoms with Crippen molar-refractivity contribution in [1.29, 1.82) is 0 Å². The van der Waals surface area contributed by atoms with Gasteiger partial charge in [0.15, 0.2) is 5.15 Å². The van der Waals surface area contributed by atoms with Crippen LogP contribution in [0.15, 0.2) is 6.07 Å². The lowest BCUT2D eigenvalue weighted by Gasteiger charge is -2.28. The first kappa shape index (κ1) is 7.95. The summed E-state index contributed by atoms with van der Waals surface area (Å²) >= 11 is 5.75. The van der Waals surface area contributed by atoms with E-state index >= 15 is 0 Å². The number of hydrogen-bond donors (Lipinski definition) is 1. The van der Waals surface area contributed by atoms with Crippen LogP contribution in [0.3, 0.4) is 0 Å². The molecular weight excluding hydrogens is 174 g/mol. The third kappa shape index (κ3) is 1.30. The van der Waals surface area contributed by atoms with Crippen LogP contribution >= 0.6 is 11.6 Å². The Bertz CT molecular complexity index is 296. The fraction of sp³-hybridized carbons (Fsp3) is 0.500. The average molecular weight is 184 g/mol. The van der Waals surface area contributed by atoms with Crippen molar-refractivity contribution in [2.24, 2.45) is 0 Å². The van der Waals surface area contributed by atoms with Gasteiger partial charge < -0.3 is 5.32 Å². The van der Waals surface area contributed by atoms with Gasteiger partial charge in [0, 0.05) is 19.0 Å². The molecule has 1 aromatic heterocycles. The Balaban J connectivity index is 2.34. The standard InChI is InChI=1S/C8H10ClN3/c1-5-7(6-3-10-4-6)2-8(9)12-11-5/h2,6,10H,3-4H2,1H3. The van der Waals surface area contributed by atoms with Crippen LogP contribution in [0.2, 0.25) is 5.15 Å². The highest BCUT2D eigenvalue weighted by molar-refractivity contribution is 6.29. The predicted molar refractivity (Wildman–Crippen MR) is 47.4 cm³/mol. The van der Waals surface area contributed by atoms with Crippen molar-refractivity contribution in [3.05, 3.63) is 22.5 Å². The Morgan fingerprint density at radius 1 is 1.50 bits per heavy atom. The van der Waals surface area contributed by atoms with E-state index in [4.69, 9.17) is 11.6 Å². The van der Waals surface area contributed by atoms with Crippen LogP contribution in [0.4, 0.5) is 0 Å². The minimum atomic E-state index is 0.488. The molecule has 2 heterocycles. The Labute approximate surface area is 76.1 Å². The van der Waals surface area contributed by atoms with E-state index < -0.39 is 0 Å². The molecule has 1 aromatic rings. The van der Waals surface area contributed by atoms with E-state index in [2.05, 4.69) is 15.5 Å². The smallest absolute Gasteiger partial charge is 0.152 e. The van der Waals surface area contributed by atoms with Crippen LogP contribution in [0, 0.1) is 6.92 Å². The van der Waals surface area contributed by atoms with E-state index in [1.54, 1.807) is 0 Å². The summed E-state index contributed by atoms with van der Waals surface area (Å²) in [6.07, 6.45) is 0. The first-order valence-electron chi connectivity index (χ1n) is 3.98. The van der Waals surface area contributed by atoms with E-state index in [9.17, 15) is 0 Å². The monoisotopic (exact) mass is 183 g/mol. The maximum absolute atomic E-state index is 5.75. The molecule has 1 N–H and O–H groups in total. The summed E-state index contributed by atoms with van der Waals surface area (Å²) in [6, 6.07) is 1.91. The zero-order valence-electron chi connectivity index (χ0n) is 6.84. The fourth-order valence-corrected chi connectivity index (χ4v) is 1.52. The molecule has 0 atom stereocenters. The van der Waals surface area contributed by atoms with Crippen LogP contribution in [0.5, 0.6) is 0 Å². The van der Waals surface area contributed by atoms with Crippen molar-refractivity contribution in [2.45, 2.75) is 12.8 Å². The molecule has 0 amide bonds. The molecule has 0 radical (unpaired) electrons. The highest BCUT2D eigenvalue weighted by atomic mass is 35.5. The summed E-state index contributed by atoms with van der Waals surface area (Å²) < 4.78 is 0. The Morgan fingerprint density at radius 2 is 2.25 bits per heavy atom. The van der Waals surface area contributed by atoms with E-state index in [0.717, 1.165) is 18.8 Å². The quantitative estimate of drug-likeness (QED) is 0.709. The van der Waals surface area contributed by atoms with Gasteiger partial charge in [-0.2, -0.15) is 5.10 Å². The third-order valence-corrected chi connectivity index (χ3v) is 2.39. The molecule has 64 valence electrons. The van der Waals surface area contributed by atoms with Gasteiger partial charge in [-0.25, -0.2) is 0 Å². The predicted octanol–water partition coefficient (Wildman–Crippen LogP) is 1.13. The zero-order valence-corrected chi connectivity index (χ0v) is 7.60. The molecule has 1 aliphatic heterocycles. The first-order chi connectivity index (χ1) is 5.77. The largest absolute Gasteiger partial charge is 0.315 e. The van der Waals surface area contributed by atoms with Crippen molar-refractivity contribution in [3.63, 3.8) is 0 Å². The lowest BCUT2D eigenvalue weighted by atomic mass is 9.93. The second-order valence-corrected chi connectivity index (χ2v) is 3.45. The Hall–Kier alpha value is -0.670. The molecule has 0 aliphatic carbocycles. The molecule has 1 aliphatic rings. The number of rotatable bonds is 1. The molecule has 12 heavy (non-hydrogen) atoms. The molecule has 1 fully saturated rings. The number of hydrogen-bond acceptors (Lipinski definition) is 3. The van der Waals surface area contributed by atoms with Crippen molar-refractivity contribution < 1.29 is 0 Å². The van der Waals surface area contributed by atoms with E-state index in [0.29, 0.717) is 11.1 Å². The number of aryl methyl sites for hydroxylation is 1. The molecule has 0 bridgehead atoms. The molecule has 0 saturated carbocycles. The van der Waals surface area contributed by atoms with Crippen molar-refractivity contribution >= 4 is 11.6 Å². The summed E-state index contributed by atoms with van der Waals surface area (Å²) in [7, 11) is 0. The molecule has 0 aromatic carbocycles. The van der Waals surface area contributed by atoms with Gasteiger partial charge in [-0.15, -0.1) is 5.10 Å². The second kappa shape index (κ2) is 2.99. The molecular formula is C8H10ClN3. The van der Waals surface area contributed by atoms with E-state index in [1.807, 2.05) is 13.0 Å². The molecule has 0 unspecified atom stereocenters. The number of nitrogens with zero attached hydrogens (tertiary/aromatic N) is 2. The minimum absolute atomic E-state index is 0.488. The van der Waals surface area contributed by atoms with Crippen molar-refractivity contribution in [2.75, 3.05) is 13.1 Å². The second-order valence-electron chi connectivity index (χ2n) is 3.06. The molecule has 0 spiro atoms. The highest BCUT2D eigenvalue weighted by Gasteiger charge is 2.21. The van der Waals surface area contributed by atoms with Gasteiger partial charge in [-0.1, -0.05) is 11.6 Å². The summed E-state index contributed by atoms with van der Waals surface area (Å²) in [5, 5.41) is 11.5. The maximum atomic E-state index is 5.75. The van der Waals surface area contributed by atoms with Crippen molar-refractivity contribution in [3.8, 4) is 0 Å². The summed E-state index contributed by atoms with van der Waals surface area (Å²) in [5.41, 5.74) is 2.22. The Morgan fingerprint density at radius 3 is 2.83 bits per heavy atom. The van der Waals surface area contributed by atoms with Crippen LogP contribution in [0.1, 0.15) is 17.2 Å². The summed E-state index contributed by atoms with van der Waals surface area (Å²) in [5.74, 6) is 0.581. The number of nitrogens with one attached hydrogen (secondary N) is 1. The van der Waals surface area contributed by atoms with Crippen LogP contribution in [-0.2, 0) is 0 Å². The van der Waals surface area contributed by atoms with Crippen LogP contribution in [-0.4, -0.2) is 23.3 Å². The third-order valence-electron chi connectivity index (χ3n) is 2.21. The summed E-state index contributed by atoms with van der Waals surface area (Å²) in [4.78, 5) is 0. The lowest BCUT2D eigenvalue weighted by Crippen LogP contribution is -2.40. The normalized spacial score (nSPS) is 17.5. The van der Waals surface area contributed by atoms with Crippen LogP contribution in [0.25, 0.3) is 0 Å². The first-order valence-corrected chi connectivity index (χ1v) is 4.35. The van der Waals surface area contributed by atoms with E-state index in [-0.39, 0.29) is 0 Å². The fourth-order valence-electron chi connectivity index (χ4n) is 1.36. The topological polar surface area (TPSA) is 37.8 Å². The lowest BCUT2D eigenvalue weighted by molar-refractivity contribution is 0.444. The number of aromatic nitrogens is 2. The van der Waals surface area contributed by atoms with Crippen LogP contribution < -0.4 is 5.32 Å². The van der Waals surface area contributed by atoms with Gasteiger partial charge in [0.2, 0.25) is 0 Å². The minimum Gasteiger partial charge on any atom is -0.315 e. The van der Waals surface area contributed by atoms with E-state index in [1.165, 1.54) is 5.56 Å². The molecule has 2 rings (SSSR count). The Kier molecular flexibility index (Phi) is 1.98. The molecule has 4 heteroatoms. The maximum Gasteiger partial charge on any atom is 0.152 e. The van der Waals surface area contributed by atoms with Gasteiger partial charge in [0.1, 0.15) is 0 Å². The van der Waals surface area contributed by atoms with Gasteiger partial charge in [-0.3, -0.25) is 0 Å². The van der Waals surface area contributed by atoms with Crippen molar-refractivity contribution in [1.82, 2.24) is 15.5 Å². The van der Waals surface area contributed by atoms with Gasteiger partial charge >= 0.3 is 0 Å². The highest BCUT2D eigenvalue weighted by Crippen LogP contribution is 2.23. The van der Waals surface area contributed by atoms with Gasteiger partial charge in [0.05, 0.1) is 5.69 Å². The average Bonchev–Trinajstić information content (AvgIpc) is 1.93. The summed E-state index contributed by atoms with van der Waals surface area (Å²) in [6.45, 7) is 4.03. The molecule has 1 saturated heterocycles. The van der Waals surface area contributed by atoms with Gasteiger partial charge in [0.25, 0.3) is 0 Å². The zero-order chi connectivity index (χ0) is 8.55. The SMILES string of the molecule is Cc1nnc(Cl)cc1C1CNC1.